The van der Waals surface area contributed by atoms with Gasteiger partial charge in [-0.05, 0) is 61.1 Å². The third-order valence-corrected chi connectivity index (χ3v) is 5.32. The minimum atomic E-state index is -0.00919. The normalized spacial score (nSPS) is 18.0. The topological polar surface area (TPSA) is 41.6 Å². The summed E-state index contributed by atoms with van der Waals surface area (Å²) in [5.41, 5.74) is 3.39. The molecule has 1 fully saturated rings. The van der Waals surface area contributed by atoms with E-state index >= 15 is 0 Å². The molecule has 2 aromatic carbocycles. The van der Waals surface area contributed by atoms with Crippen molar-refractivity contribution in [1.82, 2.24) is 5.32 Å². The Morgan fingerprint density at radius 3 is 2.52 bits per heavy atom. The summed E-state index contributed by atoms with van der Waals surface area (Å²) in [5, 5.41) is 3.10. The SMILES string of the molecule is COc1ccc(CC(=O)N[C@@H](C)c2ccc(N3CCC[C@@H](C)C3)cc2)cc1. The molecule has 1 N–H and O–H groups in total. The van der Waals surface area contributed by atoms with Crippen molar-refractivity contribution in [3.05, 3.63) is 59.7 Å². The van der Waals surface area contributed by atoms with E-state index in [1.54, 1.807) is 7.11 Å². The van der Waals surface area contributed by atoms with E-state index in [-0.39, 0.29) is 11.9 Å². The van der Waals surface area contributed by atoms with Crippen LogP contribution in [0.3, 0.4) is 0 Å². The van der Waals surface area contributed by atoms with Crippen LogP contribution in [0, 0.1) is 5.92 Å². The molecule has 27 heavy (non-hydrogen) atoms. The molecule has 1 saturated heterocycles. The largest absolute Gasteiger partial charge is 0.497 e. The van der Waals surface area contributed by atoms with E-state index in [4.69, 9.17) is 4.74 Å². The second-order valence-electron chi connectivity index (χ2n) is 7.60. The molecule has 3 rings (SSSR count). The number of anilines is 1. The van der Waals surface area contributed by atoms with Crippen molar-refractivity contribution < 1.29 is 9.53 Å². The first-order chi connectivity index (χ1) is 13.0. The monoisotopic (exact) mass is 366 g/mol. The molecule has 144 valence electrons. The number of rotatable bonds is 6. The standard InChI is InChI=1S/C23H30N2O2/c1-17-5-4-14-25(16-17)21-10-8-20(9-11-21)18(2)24-23(26)15-19-6-12-22(27-3)13-7-19/h6-13,17-18H,4-5,14-16H2,1-3H3,(H,24,26)/t17-,18+/m1/s1. The molecular weight excluding hydrogens is 336 g/mol. The van der Waals surface area contributed by atoms with Crippen molar-refractivity contribution >= 4 is 11.6 Å². The van der Waals surface area contributed by atoms with Gasteiger partial charge in [0.25, 0.3) is 0 Å². The molecule has 0 aliphatic carbocycles. The van der Waals surface area contributed by atoms with Crippen LogP contribution < -0.4 is 15.0 Å². The zero-order chi connectivity index (χ0) is 19.2. The van der Waals surface area contributed by atoms with Crippen LogP contribution in [0.25, 0.3) is 0 Å². The number of benzene rings is 2. The number of ether oxygens (including phenoxy) is 1. The average molecular weight is 367 g/mol. The summed E-state index contributed by atoms with van der Waals surface area (Å²) in [7, 11) is 1.64. The van der Waals surface area contributed by atoms with Crippen LogP contribution in [0.15, 0.2) is 48.5 Å². The maximum Gasteiger partial charge on any atom is 0.224 e. The van der Waals surface area contributed by atoms with Gasteiger partial charge < -0.3 is 15.0 Å². The first-order valence-corrected chi connectivity index (χ1v) is 9.82. The number of carbonyl (C=O) groups excluding carboxylic acids is 1. The lowest BCUT2D eigenvalue weighted by Gasteiger charge is -2.33. The molecule has 1 heterocycles. The van der Waals surface area contributed by atoms with E-state index in [1.165, 1.54) is 18.5 Å². The molecule has 0 bridgehead atoms. The average Bonchev–Trinajstić information content (AvgIpc) is 2.68. The fraction of sp³-hybridized carbons (Fsp3) is 0.435. The lowest BCUT2D eigenvalue weighted by Crippen LogP contribution is -2.34. The fourth-order valence-corrected chi connectivity index (χ4v) is 3.70. The molecular formula is C23H30N2O2. The molecule has 1 amide bonds. The van der Waals surface area contributed by atoms with Gasteiger partial charge in [-0.1, -0.05) is 31.2 Å². The Balaban J connectivity index is 1.55. The predicted molar refractivity (Wildman–Crippen MR) is 110 cm³/mol. The summed E-state index contributed by atoms with van der Waals surface area (Å²) in [5.74, 6) is 1.59. The number of nitrogens with zero attached hydrogens (tertiary/aromatic N) is 1. The zero-order valence-electron chi connectivity index (χ0n) is 16.6. The molecule has 0 unspecified atom stereocenters. The van der Waals surface area contributed by atoms with Crippen molar-refractivity contribution in [2.24, 2.45) is 5.92 Å². The Labute approximate surface area is 162 Å². The first kappa shape index (κ1) is 19.3. The van der Waals surface area contributed by atoms with E-state index in [0.29, 0.717) is 6.42 Å². The Bertz CT molecular complexity index is 740. The van der Waals surface area contributed by atoms with E-state index in [1.807, 2.05) is 31.2 Å². The van der Waals surface area contributed by atoms with Crippen LogP contribution in [0.4, 0.5) is 5.69 Å². The number of amides is 1. The van der Waals surface area contributed by atoms with Crippen molar-refractivity contribution in [2.45, 2.75) is 39.2 Å². The van der Waals surface area contributed by atoms with Crippen LogP contribution in [-0.4, -0.2) is 26.1 Å². The fourth-order valence-electron chi connectivity index (χ4n) is 3.70. The molecule has 0 spiro atoms. The third-order valence-electron chi connectivity index (χ3n) is 5.32. The van der Waals surface area contributed by atoms with Gasteiger partial charge in [-0.3, -0.25) is 4.79 Å². The van der Waals surface area contributed by atoms with Crippen molar-refractivity contribution in [3.8, 4) is 5.75 Å². The molecule has 1 aliphatic rings. The van der Waals surface area contributed by atoms with Gasteiger partial charge in [-0.25, -0.2) is 0 Å². The van der Waals surface area contributed by atoms with Crippen molar-refractivity contribution in [2.75, 3.05) is 25.1 Å². The highest BCUT2D eigenvalue weighted by atomic mass is 16.5. The van der Waals surface area contributed by atoms with Gasteiger partial charge in [-0.15, -0.1) is 0 Å². The third kappa shape index (κ3) is 5.25. The van der Waals surface area contributed by atoms with Crippen molar-refractivity contribution in [3.63, 3.8) is 0 Å². The second kappa shape index (κ2) is 8.94. The predicted octanol–water partition coefficient (Wildman–Crippen LogP) is 4.35. The zero-order valence-corrected chi connectivity index (χ0v) is 16.6. The molecule has 0 saturated carbocycles. The summed E-state index contributed by atoms with van der Waals surface area (Å²) in [6, 6.07) is 16.2. The van der Waals surface area contributed by atoms with Crippen LogP contribution in [0.1, 0.15) is 43.9 Å². The highest BCUT2D eigenvalue weighted by Crippen LogP contribution is 2.24. The molecule has 0 radical (unpaired) electrons. The molecule has 2 aromatic rings. The van der Waals surface area contributed by atoms with Crippen molar-refractivity contribution in [1.29, 1.82) is 0 Å². The van der Waals surface area contributed by atoms with E-state index in [2.05, 4.69) is 41.4 Å². The Kier molecular flexibility index (Phi) is 6.38. The minimum absolute atomic E-state index is 0.00919. The van der Waals surface area contributed by atoms with Crippen LogP contribution in [0.2, 0.25) is 0 Å². The number of piperidine rings is 1. The lowest BCUT2D eigenvalue weighted by molar-refractivity contribution is -0.121. The van der Waals surface area contributed by atoms with Crippen LogP contribution in [-0.2, 0) is 11.2 Å². The number of nitrogens with one attached hydrogen (secondary N) is 1. The van der Waals surface area contributed by atoms with Gasteiger partial charge in [-0.2, -0.15) is 0 Å². The summed E-state index contributed by atoms with van der Waals surface area (Å²) in [6.07, 6.45) is 2.96. The van der Waals surface area contributed by atoms with Gasteiger partial charge in [0.1, 0.15) is 5.75 Å². The van der Waals surface area contributed by atoms with Gasteiger partial charge in [0.05, 0.1) is 19.6 Å². The molecule has 2 atom stereocenters. The molecule has 1 aliphatic heterocycles. The molecule has 0 aromatic heterocycles. The second-order valence-corrected chi connectivity index (χ2v) is 7.60. The lowest BCUT2D eigenvalue weighted by atomic mass is 9.99. The Morgan fingerprint density at radius 1 is 1.19 bits per heavy atom. The summed E-state index contributed by atoms with van der Waals surface area (Å²) >= 11 is 0. The summed E-state index contributed by atoms with van der Waals surface area (Å²) < 4.78 is 5.15. The number of hydrogen-bond acceptors (Lipinski definition) is 3. The molecule has 4 nitrogen and oxygen atoms in total. The van der Waals surface area contributed by atoms with Crippen LogP contribution >= 0.6 is 0 Å². The van der Waals surface area contributed by atoms with Gasteiger partial charge in [0.2, 0.25) is 5.91 Å². The van der Waals surface area contributed by atoms with Gasteiger partial charge in [0.15, 0.2) is 0 Å². The summed E-state index contributed by atoms with van der Waals surface area (Å²) in [4.78, 5) is 14.8. The maximum atomic E-state index is 12.4. The smallest absolute Gasteiger partial charge is 0.224 e. The molecule has 4 heteroatoms. The van der Waals surface area contributed by atoms with E-state index in [9.17, 15) is 4.79 Å². The van der Waals surface area contributed by atoms with Crippen LogP contribution in [0.5, 0.6) is 5.75 Å². The number of methoxy groups -OCH3 is 1. The quantitative estimate of drug-likeness (QED) is 0.826. The van der Waals surface area contributed by atoms with Gasteiger partial charge >= 0.3 is 0 Å². The first-order valence-electron chi connectivity index (χ1n) is 9.82. The Morgan fingerprint density at radius 2 is 1.89 bits per heavy atom. The number of hydrogen-bond donors (Lipinski definition) is 1. The maximum absolute atomic E-state index is 12.4. The summed E-state index contributed by atoms with van der Waals surface area (Å²) in [6.45, 7) is 6.62. The number of carbonyl (C=O) groups is 1. The Hall–Kier alpha value is -2.49. The van der Waals surface area contributed by atoms with Gasteiger partial charge in [0, 0.05) is 18.8 Å². The van der Waals surface area contributed by atoms with E-state index < -0.39 is 0 Å². The van der Waals surface area contributed by atoms with E-state index in [0.717, 1.165) is 35.9 Å². The minimum Gasteiger partial charge on any atom is -0.497 e. The highest BCUT2D eigenvalue weighted by molar-refractivity contribution is 5.79. The highest BCUT2D eigenvalue weighted by Gasteiger charge is 2.17.